The van der Waals surface area contributed by atoms with Crippen LogP contribution in [0, 0.1) is 5.92 Å². The number of rotatable bonds is 7. The van der Waals surface area contributed by atoms with Crippen molar-refractivity contribution in [3.63, 3.8) is 0 Å². The van der Waals surface area contributed by atoms with Crippen LogP contribution in [-0.2, 0) is 4.74 Å². The molecule has 0 aliphatic carbocycles. The molecule has 1 aromatic rings. The number of aromatic nitrogens is 1. The maximum Gasteiger partial charge on any atom is 0.267 e. The Kier molecular flexibility index (Phi) is 6.15. The number of morpholine rings is 1. The summed E-state index contributed by atoms with van der Waals surface area (Å²) in [7, 11) is 0. The summed E-state index contributed by atoms with van der Waals surface area (Å²) in [6.07, 6.45) is 2.73. The first kappa shape index (κ1) is 16.7. The fourth-order valence-corrected chi connectivity index (χ4v) is 2.76. The first-order chi connectivity index (χ1) is 10.6. The van der Waals surface area contributed by atoms with Gasteiger partial charge in [0.15, 0.2) is 0 Å². The molecule has 2 heterocycles. The first-order valence-corrected chi connectivity index (χ1v) is 7.87. The molecule has 1 saturated heterocycles. The molecule has 22 heavy (non-hydrogen) atoms. The van der Waals surface area contributed by atoms with Crippen molar-refractivity contribution in [3.8, 4) is 0 Å². The Balaban J connectivity index is 1.97. The van der Waals surface area contributed by atoms with Gasteiger partial charge >= 0.3 is 0 Å². The Bertz CT molecular complexity index is 487. The van der Waals surface area contributed by atoms with Crippen molar-refractivity contribution in [2.75, 3.05) is 38.2 Å². The molecule has 1 amide bonds. The molecular weight excluding hydrogens is 280 g/mol. The fourth-order valence-electron chi connectivity index (χ4n) is 2.76. The van der Waals surface area contributed by atoms with E-state index in [1.807, 2.05) is 6.07 Å². The smallest absolute Gasteiger partial charge is 0.267 e. The number of nitrogens with two attached hydrogens (primary N) is 1. The molecule has 0 spiro atoms. The van der Waals surface area contributed by atoms with Crippen LogP contribution in [0.4, 0.5) is 5.69 Å². The minimum atomic E-state index is -0.504. The summed E-state index contributed by atoms with van der Waals surface area (Å²) in [6, 6.07) is 4.01. The number of pyridine rings is 1. The SMILES string of the molecule is CC(C)CC(CNc1ccnc(C(N)=O)c1)N1CCOCC1. The Morgan fingerprint density at radius 3 is 2.82 bits per heavy atom. The molecule has 0 aromatic carbocycles. The number of primary amides is 1. The predicted molar refractivity (Wildman–Crippen MR) is 86.9 cm³/mol. The molecule has 1 aliphatic rings. The molecule has 2 rings (SSSR count). The maximum absolute atomic E-state index is 11.2. The molecule has 6 heteroatoms. The standard InChI is InChI=1S/C16H26N4O2/c1-12(2)9-14(20-5-7-22-8-6-20)11-19-13-3-4-18-15(10-13)16(17)21/h3-4,10,12,14H,5-9,11H2,1-2H3,(H2,17,21)(H,18,19). The molecule has 0 saturated carbocycles. The summed E-state index contributed by atoms with van der Waals surface area (Å²) in [5, 5.41) is 3.41. The van der Waals surface area contributed by atoms with Gasteiger partial charge in [0.25, 0.3) is 5.91 Å². The largest absolute Gasteiger partial charge is 0.383 e. The zero-order chi connectivity index (χ0) is 15.9. The summed E-state index contributed by atoms with van der Waals surface area (Å²) < 4.78 is 5.44. The Morgan fingerprint density at radius 1 is 1.45 bits per heavy atom. The van der Waals surface area contributed by atoms with E-state index >= 15 is 0 Å². The number of carbonyl (C=O) groups is 1. The van der Waals surface area contributed by atoms with Crippen molar-refractivity contribution in [2.45, 2.75) is 26.3 Å². The van der Waals surface area contributed by atoms with Crippen LogP contribution in [0.1, 0.15) is 30.8 Å². The van der Waals surface area contributed by atoms with Gasteiger partial charge in [0, 0.05) is 37.6 Å². The summed E-state index contributed by atoms with van der Waals surface area (Å²) in [5.74, 6) is 0.129. The molecule has 0 radical (unpaired) electrons. The highest BCUT2D eigenvalue weighted by molar-refractivity contribution is 5.91. The number of carbonyl (C=O) groups excluding carboxylic acids is 1. The predicted octanol–water partition coefficient (Wildman–Crippen LogP) is 1.34. The Hall–Kier alpha value is -1.66. The minimum absolute atomic E-state index is 0.289. The van der Waals surface area contributed by atoms with Gasteiger partial charge in [0.2, 0.25) is 0 Å². The zero-order valence-electron chi connectivity index (χ0n) is 13.4. The van der Waals surface area contributed by atoms with Gasteiger partial charge in [-0.15, -0.1) is 0 Å². The van der Waals surface area contributed by atoms with E-state index in [0.29, 0.717) is 12.0 Å². The van der Waals surface area contributed by atoms with E-state index in [4.69, 9.17) is 10.5 Å². The third-order valence-electron chi connectivity index (χ3n) is 3.86. The van der Waals surface area contributed by atoms with Crippen molar-refractivity contribution < 1.29 is 9.53 Å². The van der Waals surface area contributed by atoms with E-state index < -0.39 is 5.91 Å². The Morgan fingerprint density at radius 2 is 2.18 bits per heavy atom. The van der Waals surface area contributed by atoms with Gasteiger partial charge in [-0.3, -0.25) is 14.7 Å². The van der Waals surface area contributed by atoms with E-state index in [2.05, 4.69) is 29.0 Å². The fraction of sp³-hybridized carbons (Fsp3) is 0.625. The number of hydrogen-bond donors (Lipinski definition) is 2. The third kappa shape index (κ3) is 4.96. The molecule has 3 N–H and O–H groups in total. The first-order valence-electron chi connectivity index (χ1n) is 7.87. The highest BCUT2D eigenvalue weighted by Gasteiger charge is 2.21. The van der Waals surface area contributed by atoms with Crippen LogP contribution in [-0.4, -0.2) is 54.7 Å². The van der Waals surface area contributed by atoms with Crippen molar-refractivity contribution >= 4 is 11.6 Å². The van der Waals surface area contributed by atoms with Crippen molar-refractivity contribution in [1.29, 1.82) is 0 Å². The van der Waals surface area contributed by atoms with Gasteiger partial charge in [0.05, 0.1) is 13.2 Å². The van der Waals surface area contributed by atoms with Crippen LogP contribution in [0.5, 0.6) is 0 Å². The number of ether oxygens (including phenoxy) is 1. The van der Waals surface area contributed by atoms with Crippen LogP contribution >= 0.6 is 0 Å². The van der Waals surface area contributed by atoms with Gasteiger partial charge in [-0.05, 0) is 24.5 Å². The molecule has 1 atom stereocenters. The molecule has 0 bridgehead atoms. The van der Waals surface area contributed by atoms with Gasteiger partial charge in [-0.25, -0.2) is 0 Å². The van der Waals surface area contributed by atoms with Crippen LogP contribution in [0.15, 0.2) is 18.3 Å². The molecule has 1 aliphatic heterocycles. The van der Waals surface area contributed by atoms with Gasteiger partial charge < -0.3 is 15.8 Å². The lowest BCUT2D eigenvalue weighted by atomic mass is 10.0. The molecule has 6 nitrogen and oxygen atoms in total. The van der Waals surface area contributed by atoms with E-state index in [-0.39, 0.29) is 5.69 Å². The molecule has 1 unspecified atom stereocenters. The number of hydrogen-bond acceptors (Lipinski definition) is 5. The summed E-state index contributed by atoms with van der Waals surface area (Å²) >= 11 is 0. The quantitative estimate of drug-likeness (QED) is 0.794. The van der Waals surface area contributed by atoms with Crippen LogP contribution in [0.25, 0.3) is 0 Å². The summed E-state index contributed by atoms with van der Waals surface area (Å²) in [5.41, 5.74) is 6.44. The monoisotopic (exact) mass is 306 g/mol. The van der Waals surface area contributed by atoms with E-state index in [0.717, 1.165) is 45.0 Å². The average molecular weight is 306 g/mol. The van der Waals surface area contributed by atoms with E-state index in [1.54, 1.807) is 12.3 Å². The minimum Gasteiger partial charge on any atom is -0.383 e. The normalized spacial score (nSPS) is 17.4. The van der Waals surface area contributed by atoms with Gasteiger partial charge in [-0.2, -0.15) is 0 Å². The molecule has 1 aromatic heterocycles. The maximum atomic E-state index is 11.2. The van der Waals surface area contributed by atoms with Crippen molar-refractivity contribution in [2.24, 2.45) is 11.7 Å². The summed E-state index contributed by atoms with van der Waals surface area (Å²) in [6.45, 7) is 8.87. The zero-order valence-corrected chi connectivity index (χ0v) is 13.4. The average Bonchev–Trinajstić information content (AvgIpc) is 2.52. The number of anilines is 1. The van der Waals surface area contributed by atoms with Crippen LogP contribution in [0.2, 0.25) is 0 Å². The lowest BCUT2D eigenvalue weighted by Gasteiger charge is -2.35. The lowest BCUT2D eigenvalue weighted by molar-refractivity contribution is 0.0151. The molecule has 1 fully saturated rings. The highest BCUT2D eigenvalue weighted by Crippen LogP contribution is 2.15. The topological polar surface area (TPSA) is 80.5 Å². The number of nitrogens with one attached hydrogen (secondary N) is 1. The molecule has 122 valence electrons. The summed E-state index contributed by atoms with van der Waals surface area (Å²) in [4.78, 5) is 17.6. The second-order valence-electron chi connectivity index (χ2n) is 6.11. The van der Waals surface area contributed by atoms with Crippen LogP contribution < -0.4 is 11.1 Å². The third-order valence-corrected chi connectivity index (χ3v) is 3.86. The van der Waals surface area contributed by atoms with Crippen LogP contribution in [0.3, 0.4) is 0 Å². The van der Waals surface area contributed by atoms with E-state index in [1.165, 1.54) is 0 Å². The number of nitrogens with zero attached hydrogens (tertiary/aromatic N) is 2. The van der Waals surface area contributed by atoms with Crippen molar-refractivity contribution in [3.05, 3.63) is 24.0 Å². The van der Waals surface area contributed by atoms with Gasteiger partial charge in [0.1, 0.15) is 5.69 Å². The lowest BCUT2D eigenvalue weighted by Crippen LogP contribution is -2.47. The Labute approximate surface area is 132 Å². The molecular formula is C16H26N4O2. The van der Waals surface area contributed by atoms with E-state index in [9.17, 15) is 4.79 Å². The highest BCUT2D eigenvalue weighted by atomic mass is 16.5. The second kappa shape index (κ2) is 8.10. The second-order valence-corrected chi connectivity index (χ2v) is 6.11. The van der Waals surface area contributed by atoms with Crippen molar-refractivity contribution in [1.82, 2.24) is 9.88 Å². The van der Waals surface area contributed by atoms with Gasteiger partial charge in [-0.1, -0.05) is 13.8 Å². The number of amides is 1.